The molecule has 0 saturated heterocycles. The number of rotatable bonds is 6. The Morgan fingerprint density at radius 2 is 1.29 bits per heavy atom. The van der Waals surface area contributed by atoms with E-state index in [0.29, 0.717) is 24.0 Å². The Bertz CT molecular complexity index is 2660. The van der Waals surface area contributed by atoms with Crippen molar-refractivity contribution in [1.29, 1.82) is 0 Å². The van der Waals surface area contributed by atoms with Crippen LogP contribution in [0.3, 0.4) is 0 Å². The Morgan fingerprint density at radius 1 is 0.608 bits per heavy atom. The molecule has 0 saturated carbocycles. The van der Waals surface area contributed by atoms with Gasteiger partial charge in [-0.2, -0.15) is 0 Å². The molecule has 0 N–H and O–H groups in total. The second-order valence-electron chi connectivity index (χ2n) is 13.1. The van der Waals surface area contributed by atoms with Crippen molar-refractivity contribution in [1.82, 2.24) is 19.5 Å². The van der Waals surface area contributed by atoms with Gasteiger partial charge in [-0.15, -0.1) is 0 Å². The van der Waals surface area contributed by atoms with E-state index in [1.165, 1.54) is 33.1 Å². The molecule has 2 atom stereocenters. The van der Waals surface area contributed by atoms with E-state index >= 15 is 0 Å². The van der Waals surface area contributed by atoms with Crippen molar-refractivity contribution >= 4 is 38.8 Å². The maximum Gasteiger partial charge on any atom is 0.172 e. The molecular formula is C46H31N5. The summed E-state index contributed by atoms with van der Waals surface area (Å²) in [7, 11) is 0. The number of allylic oxidation sites excluding steroid dienone is 6. The van der Waals surface area contributed by atoms with Crippen LogP contribution in [0.4, 0.5) is 11.4 Å². The number of benzene rings is 5. The third-order valence-electron chi connectivity index (χ3n) is 10.1. The number of fused-ring (bicyclic) bond motifs is 6. The van der Waals surface area contributed by atoms with E-state index in [1.54, 1.807) is 0 Å². The Kier molecular flexibility index (Phi) is 6.85. The predicted molar refractivity (Wildman–Crippen MR) is 207 cm³/mol. The summed E-state index contributed by atoms with van der Waals surface area (Å²) in [4.78, 5) is 17.7. The number of para-hydroxylation sites is 3. The van der Waals surface area contributed by atoms with Crippen LogP contribution in [-0.2, 0) is 6.54 Å². The molecule has 1 aliphatic heterocycles. The molecule has 240 valence electrons. The molecule has 0 amide bonds. The highest BCUT2D eigenvalue weighted by atomic mass is 15.2. The average molecular weight is 654 g/mol. The summed E-state index contributed by atoms with van der Waals surface area (Å²) in [5.74, 6) is 2.07. The average Bonchev–Trinajstić information content (AvgIpc) is 3.71. The van der Waals surface area contributed by atoms with E-state index < -0.39 is 0 Å². The monoisotopic (exact) mass is 653 g/mol. The Labute approximate surface area is 295 Å². The van der Waals surface area contributed by atoms with Gasteiger partial charge in [-0.3, -0.25) is 0 Å². The van der Waals surface area contributed by atoms with Gasteiger partial charge in [0.25, 0.3) is 0 Å². The zero-order valence-electron chi connectivity index (χ0n) is 27.7. The second kappa shape index (κ2) is 12.0. The number of hydrogen-bond donors (Lipinski definition) is 0. The molecule has 7 aromatic rings. The SMILES string of the molecule is C1=C=C(c2nc(-c3ccccc3)nc(-c3cc(Cn4c5ccccc5c5ccccc54)cc(N4c5ccccc5C5C=CC=CC54)c3)n2)C=CC=1. The molecule has 3 aliphatic rings. The molecule has 3 heterocycles. The van der Waals surface area contributed by atoms with Crippen LogP contribution in [0.2, 0.25) is 0 Å². The number of nitrogens with zero attached hydrogens (tertiary/aromatic N) is 5. The van der Waals surface area contributed by atoms with E-state index in [4.69, 9.17) is 15.0 Å². The van der Waals surface area contributed by atoms with Gasteiger partial charge < -0.3 is 9.47 Å². The summed E-state index contributed by atoms with van der Waals surface area (Å²) in [6.07, 6.45) is 14.7. The summed E-state index contributed by atoms with van der Waals surface area (Å²) in [6.45, 7) is 0.680. The largest absolute Gasteiger partial charge is 0.336 e. The highest BCUT2D eigenvalue weighted by Gasteiger charge is 2.37. The van der Waals surface area contributed by atoms with E-state index in [2.05, 4.69) is 136 Å². The quantitative estimate of drug-likeness (QED) is 0.168. The molecular weight excluding hydrogens is 623 g/mol. The topological polar surface area (TPSA) is 46.8 Å². The molecule has 10 rings (SSSR count). The summed E-state index contributed by atoms with van der Waals surface area (Å²) in [6, 6.07) is 43.3. The third kappa shape index (κ3) is 5.00. The van der Waals surface area contributed by atoms with Crippen LogP contribution >= 0.6 is 0 Å². The van der Waals surface area contributed by atoms with Crippen molar-refractivity contribution in [3.8, 4) is 22.8 Å². The standard InChI is InChI=1S/C46H31N5/c1-3-15-32(16-4-1)44-47-45(33-17-5-2-6-18-33)49-46(48-44)34-27-31(30-50-40-23-11-7-19-36(40)37-20-8-12-24-41(37)50)28-35(29-34)51-42-25-13-9-21-38(42)39-22-10-14-26-43(39)51/h1-5,7-17,19-29,38,42H,30H2. The van der Waals surface area contributed by atoms with Gasteiger partial charge in [0.05, 0.1) is 11.6 Å². The summed E-state index contributed by atoms with van der Waals surface area (Å²) in [5.41, 5.74) is 16.2. The van der Waals surface area contributed by atoms with E-state index in [9.17, 15) is 0 Å². The minimum absolute atomic E-state index is 0.159. The number of anilines is 2. The minimum Gasteiger partial charge on any atom is -0.336 e. The normalized spacial score (nSPS) is 16.9. The third-order valence-corrected chi connectivity index (χ3v) is 10.1. The van der Waals surface area contributed by atoms with Crippen molar-refractivity contribution < 1.29 is 0 Å². The van der Waals surface area contributed by atoms with Gasteiger partial charge in [0, 0.05) is 56.8 Å². The zero-order chi connectivity index (χ0) is 33.7. The van der Waals surface area contributed by atoms with Gasteiger partial charge in [0.15, 0.2) is 17.5 Å². The maximum absolute atomic E-state index is 5.13. The van der Waals surface area contributed by atoms with Crippen molar-refractivity contribution in [2.24, 2.45) is 0 Å². The lowest BCUT2D eigenvalue weighted by Gasteiger charge is -2.29. The minimum atomic E-state index is 0.159. The van der Waals surface area contributed by atoms with Gasteiger partial charge in [-0.05, 0) is 59.7 Å². The lowest BCUT2D eigenvalue weighted by molar-refractivity contribution is 0.744. The van der Waals surface area contributed by atoms with Gasteiger partial charge in [-0.1, -0.05) is 127 Å². The Morgan fingerprint density at radius 3 is 2.08 bits per heavy atom. The Hall–Kier alpha value is -6.77. The molecule has 5 aromatic carbocycles. The summed E-state index contributed by atoms with van der Waals surface area (Å²) >= 11 is 0. The fourth-order valence-electron chi connectivity index (χ4n) is 7.81. The molecule has 0 spiro atoms. The molecule has 0 bridgehead atoms. The summed E-state index contributed by atoms with van der Waals surface area (Å²) < 4.78 is 2.43. The van der Waals surface area contributed by atoms with E-state index in [0.717, 1.165) is 28.0 Å². The first-order chi connectivity index (χ1) is 25.3. The molecule has 2 aliphatic carbocycles. The first-order valence-electron chi connectivity index (χ1n) is 17.3. The van der Waals surface area contributed by atoms with Crippen molar-refractivity contribution in [2.75, 3.05) is 4.90 Å². The van der Waals surface area contributed by atoms with E-state index in [-0.39, 0.29) is 12.0 Å². The lowest BCUT2D eigenvalue weighted by Crippen LogP contribution is -2.28. The molecule has 0 fully saturated rings. The van der Waals surface area contributed by atoms with Crippen molar-refractivity contribution in [3.63, 3.8) is 0 Å². The first-order valence-corrected chi connectivity index (χ1v) is 17.3. The molecule has 51 heavy (non-hydrogen) atoms. The lowest BCUT2D eigenvalue weighted by atomic mass is 9.91. The predicted octanol–water partition coefficient (Wildman–Crippen LogP) is 10.4. The second-order valence-corrected chi connectivity index (χ2v) is 13.1. The zero-order valence-corrected chi connectivity index (χ0v) is 27.7. The van der Waals surface area contributed by atoms with Gasteiger partial charge in [-0.25, -0.2) is 15.0 Å². The number of hydrogen-bond acceptors (Lipinski definition) is 4. The van der Waals surface area contributed by atoms with Crippen LogP contribution < -0.4 is 4.90 Å². The van der Waals surface area contributed by atoms with Crippen LogP contribution in [0.25, 0.3) is 50.2 Å². The van der Waals surface area contributed by atoms with Crippen molar-refractivity contribution in [3.05, 3.63) is 192 Å². The van der Waals surface area contributed by atoms with Crippen LogP contribution in [0, 0.1) is 0 Å². The van der Waals surface area contributed by atoms with Crippen molar-refractivity contribution in [2.45, 2.75) is 18.5 Å². The Balaban J connectivity index is 1.20. The van der Waals surface area contributed by atoms with Gasteiger partial charge >= 0.3 is 0 Å². The summed E-state index contributed by atoms with van der Waals surface area (Å²) in [5, 5.41) is 2.51. The highest BCUT2D eigenvalue weighted by Crippen LogP contribution is 2.48. The first kappa shape index (κ1) is 29.2. The van der Waals surface area contributed by atoms with Crippen LogP contribution in [0.1, 0.15) is 22.9 Å². The fourth-order valence-corrected chi connectivity index (χ4v) is 7.81. The smallest absolute Gasteiger partial charge is 0.172 e. The van der Waals surface area contributed by atoms with Crippen LogP contribution in [0.15, 0.2) is 175 Å². The van der Waals surface area contributed by atoms with Crippen LogP contribution in [0.5, 0.6) is 0 Å². The molecule has 2 unspecified atom stereocenters. The van der Waals surface area contributed by atoms with Gasteiger partial charge in [0.1, 0.15) is 0 Å². The fraction of sp³-hybridized carbons (Fsp3) is 0.0652. The number of aromatic nitrogens is 4. The van der Waals surface area contributed by atoms with Gasteiger partial charge in [0.2, 0.25) is 0 Å². The highest BCUT2D eigenvalue weighted by molar-refractivity contribution is 6.08. The molecule has 5 nitrogen and oxygen atoms in total. The molecule has 0 radical (unpaired) electrons. The molecule has 5 heteroatoms. The molecule has 2 aromatic heterocycles. The van der Waals surface area contributed by atoms with E-state index in [1.807, 2.05) is 48.6 Å². The van der Waals surface area contributed by atoms with Crippen LogP contribution in [-0.4, -0.2) is 25.6 Å². The maximum atomic E-state index is 5.13.